The largest absolute Gasteiger partial charge is 0.465 e. The Bertz CT molecular complexity index is 1580. The number of nitrogens with one attached hydrogen (secondary N) is 1. The van der Waals surface area contributed by atoms with Crippen molar-refractivity contribution in [1.82, 2.24) is 9.99 Å². The zero-order chi connectivity index (χ0) is 24.2. The van der Waals surface area contributed by atoms with Gasteiger partial charge in [0, 0.05) is 34.8 Å². The summed E-state index contributed by atoms with van der Waals surface area (Å²) in [5.74, 6) is -0.625. The van der Waals surface area contributed by atoms with Gasteiger partial charge in [0.25, 0.3) is 5.91 Å². The van der Waals surface area contributed by atoms with Crippen LogP contribution in [-0.4, -0.2) is 29.8 Å². The minimum absolute atomic E-state index is 0.263. The fourth-order valence-electron chi connectivity index (χ4n) is 4.26. The summed E-state index contributed by atoms with van der Waals surface area (Å²) in [4.78, 5) is 24.7. The predicted molar refractivity (Wildman–Crippen MR) is 138 cm³/mol. The topological polar surface area (TPSA) is 72.7 Å². The highest BCUT2D eigenvalue weighted by Crippen LogP contribution is 2.22. The van der Waals surface area contributed by atoms with Crippen molar-refractivity contribution in [3.05, 3.63) is 119 Å². The third-order valence-corrected chi connectivity index (χ3v) is 5.92. The second-order valence-corrected chi connectivity index (χ2v) is 8.15. The van der Waals surface area contributed by atoms with Gasteiger partial charge in [-0.25, -0.2) is 10.2 Å². The summed E-state index contributed by atoms with van der Waals surface area (Å²) in [6, 6.07) is 28.8. The van der Waals surface area contributed by atoms with Gasteiger partial charge in [-0.15, -0.1) is 0 Å². The summed E-state index contributed by atoms with van der Waals surface area (Å²) in [5.41, 5.74) is 6.63. The number of hydrogen-bond acceptors (Lipinski definition) is 4. The second kappa shape index (κ2) is 9.65. The molecule has 0 atom stereocenters. The molecular weight excluding hydrogens is 438 g/mol. The molecule has 1 amide bonds. The zero-order valence-corrected chi connectivity index (χ0v) is 19.1. The Labute approximate surface area is 202 Å². The number of fused-ring (bicyclic) bond motifs is 2. The van der Waals surface area contributed by atoms with Crippen LogP contribution in [0.25, 0.3) is 21.7 Å². The summed E-state index contributed by atoms with van der Waals surface area (Å²) in [7, 11) is 1.37. The third kappa shape index (κ3) is 4.54. The van der Waals surface area contributed by atoms with E-state index in [4.69, 9.17) is 4.74 Å². The molecule has 6 heteroatoms. The van der Waals surface area contributed by atoms with Crippen LogP contribution in [-0.2, 0) is 11.3 Å². The van der Waals surface area contributed by atoms with Gasteiger partial charge in [0.05, 0.1) is 18.9 Å². The normalized spacial score (nSPS) is 11.2. The van der Waals surface area contributed by atoms with Crippen LogP contribution >= 0.6 is 0 Å². The Morgan fingerprint density at radius 1 is 0.914 bits per heavy atom. The number of esters is 1. The average molecular weight is 462 g/mol. The Hall–Kier alpha value is -4.71. The molecule has 0 unspecified atom stereocenters. The van der Waals surface area contributed by atoms with Gasteiger partial charge in [0.15, 0.2) is 0 Å². The van der Waals surface area contributed by atoms with Crippen molar-refractivity contribution in [2.24, 2.45) is 5.10 Å². The molecule has 172 valence electrons. The lowest BCUT2D eigenvalue weighted by atomic mass is 10.0. The van der Waals surface area contributed by atoms with Gasteiger partial charge in [-0.3, -0.25) is 4.79 Å². The first-order valence-corrected chi connectivity index (χ1v) is 11.2. The first kappa shape index (κ1) is 22.1. The van der Waals surface area contributed by atoms with Crippen molar-refractivity contribution in [1.29, 1.82) is 0 Å². The Kier molecular flexibility index (Phi) is 6.09. The maximum atomic E-state index is 12.8. The van der Waals surface area contributed by atoms with Crippen LogP contribution in [0, 0.1) is 0 Å². The number of ether oxygens (including phenoxy) is 1. The number of para-hydroxylation sites is 1. The Balaban J connectivity index is 1.40. The van der Waals surface area contributed by atoms with Crippen molar-refractivity contribution in [3.8, 4) is 0 Å². The molecule has 0 bridgehead atoms. The van der Waals surface area contributed by atoms with Gasteiger partial charge in [0.2, 0.25) is 0 Å². The van der Waals surface area contributed by atoms with E-state index in [0.29, 0.717) is 17.7 Å². The van der Waals surface area contributed by atoms with Crippen molar-refractivity contribution in [2.45, 2.75) is 6.54 Å². The van der Waals surface area contributed by atoms with E-state index in [1.165, 1.54) is 7.11 Å². The molecule has 1 heterocycles. The van der Waals surface area contributed by atoms with Gasteiger partial charge >= 0.3 is 5.97 Å². The summed E-state index contributed by atoms with van der Waals surface area (Å²) < 4.78 is 6.93. The fraction of sp³-hybridized carbons (Fsp3) is 0.0690. The molecular formula is C29H23N3O3. The SMILES string of the molecule is COC(=O)c1cccc(Cn2cc(/C=N\NC(=O)c3cccc4ccccc34)c3ccccc32)c1. The van der Waals surface area contributed by atoms with E-state index in [2.05, 4.69) is 15.1 Å². The fourth-order valence-corrected chi connectivity index (χ4v) is 4.26. The lowest BCUT2D eigenvalue weighted by Gasteiger charge is -2.07. The van der Waals surface area contributed by atoms with Crippen molar-refractivity contribution in [3.63, 3.8) is 0 Å². The third-order valence-electron chi connectivity index (χ3n) is 5.92. The van der Waals surface area contributed by atoms with Crippen LogP contribution in [0.5, 0.6) is 0 Å². The highest BCUT2D eigenvalue weighted by Gasteiger charge is 2.11. The maximum Gasteiger partial charge on any atom is 0.337 e. The average Bonchev–Trinajstić information content (AvgIpc) is 3.25. The Morgan fingerprint density at radius 2 is 1.66 bits per heavy atom. The molecule has 0 fully saturated rings. The monoisotopic (exact) mass is 461 g/mol. The summed E-state index contributed by atoms with van der Waals surface area (Å²) >= 11 is 0. The van der Waals surface area contributed by atoms with Crippen LogP contribution < -0.4 is 5.43 Å². The van der Waals surface area contributed by atoms with Crippen LogP contribution in [0.2, 0.25) is 0 Å². The molecule has 0 aliphatic heterocycles. The molecule has 5 aromatic rings. The first-order chi connectivity index (χ1) is 17.1. The lowest BCUT2D eigenvalue weighted by Crippen LogP contribution is -2.17. The molecule has 0 spiro atoms. The Morgan fingerprint density at radius 3 is 2.51 bits per heavy atom. The highest BCUT2D eigenvalue weighted by molar-refractivity contribution is 6.07. The number of hydrazone groups is 1. The number of amides is 1. The lowest BCUT2D eigenvalue weighted by molar-refractivity contribution is 0.0600. The standard InChI is InChI=1S/C29H23N3O3/c1-35-29(34)22-11-6-8-20(16-22)18-32-19-23(25-13-4-5-15-27(25)32)17-30-31-28(33)26-14-7-10-21-9-2-3-12-24(21)26/h2-17,19H,18H2,1H3,(H,31,33)/b30-17-. The number of aromatic nitrogens is 1. The van der Waals surface area contributed by atoms with E-state index in [-0.39, 0.29) is 11.9 Å². The van der Waals surface area contributed by atoms with Gasteiger partial charge in [-0.1, -0.05) is 66.7 Å². The molecule has 0 aliphatic carbocycles. The molecule has 4 aromatic carbocycles. The molecule has 35 heavy (non-hydrogen) atoms. The maximum absolute atomic E-state index is 12.8. The van der Waals surface area contributed by atoms with Crippen molar-refractivity contribution < 1.29 is 14.3 Å². The van der Waals surface area contributed by atoms with Gasteiger partial charge in [-0.2, -0.15) is 5.10 Å². The second-order valence-electron chi connectivity index (χ2n) is 8.15. The van der Waals surface area contributed by atoms with Gasteiger partial charge < -0.3 is 9.30 Å². The summed E-state index contributed by atoms with van der Waals surface area (Å²) in [5, 5.41) is 7.14. The quantitative estimate of drug-likeness (QED) is 0.209. The molecule has 0 saturated heterocycles. The number of carbonyl (C=O) groups is 2. The van der Waals surface area contributed by atoms with Crippen LogP contribution in [0.1, 0.15) is 31.8 Å². The first-order valence-electron chi connectivity index (χ1n) is 11.2. The number of rotatable bonds is 6. The van der Waals surface area contributed by atoms with Crippen molar-refractivity contribution >= 4 is 39.8 Å². The summed E-state index contributed by atoms with van der Waals surface area (Å²) in [6.07, 6.45) is 3.65. The zero-order valence-electron chi connectivity index (χ0n) is 19.1. The van der Waals surface area contributed by atoms with Gasteiger partial charge in [0.1, 0.15) is 0 Å². The number of hydrogen-bond donors (Lipinski definition) is 1. The number of methoxy groups -OCH3 is 1. The minimum atomic E-state index is -0.362. The number of carbonyl (C=O) groups excluding carboxylic acids is 2. The molecule has 0 aliphatic rings. The molecule has 0 saturated carbocycles. The smallest absolute Gasteiger partial charge is 0.337 e. The molecule has 1 N–H and O–H groups in total. The predicted octanol–water partition coefficient (Wildman–Crippen LogP) is 5.39. The molecule has 5 rings (SSSR count). The van der Waals surface area contributed by atoms with E-state index in [1.807, 2.05) is 85.1 Å². The molecule has 0 radical (unpaired) electrons. The van der Waals surface area contributed by atoms with Crippen LogP contribution in [0.4, 0.5) is 0 Å². The minimum Gasteiger partial charge on any atom is -0.465 e. The van der Waals surface area contributed by atoms with Crippen LogP contribution in [0.3, 0.4) is 0 Å². The summed E-state index contributed by atoms with van der Waals surface area (Å²) in [6.45, 7) is 0.571. The van der Waals surface area contributed by atoms with E-state index in [9.17, 15) is 9.59 Å². The van der Waals surface area contributed by atoms with Crippen molar-refractivity contribution in [2.75, 3.05) is 7.11 Å². The highest BCUT2D eigenvalue weighted by atomic mass is 16.5. The van der Waals surface area contributed by atoms with E-state index >= 15 is 0 Å². The van der Waals surface area contributed by atoms with Crippen LogP contribution in [0.15, 0.2) is 102 Å². The van der Waals surface area contributed by atoms with E-state index < -0.39 is 0 Å². The number of nitrogens with zero attached hydrogens (tertiary/aromatic N) is 2. The molecule has 1 aromatic heterocycles. The number of benzene rings is 4. The molecule has 6 nitrogen and oxygen atoms in total. The van der Waals surface area contributed by atoms with E-state index in [1.54, 1.807) is 18.3 Å². The van der Waals surface area contributed by atoms with Gasteiger partial charge in [-0.05, 0) is 40.6 Å². The van der Waals surface area contributed by atoms with E-state index in [0.717, 1.165) is 32.8 Å².